The molecule has 0 bridgehead atoms. The highest BCUT2D eigenvalue weighted by atomic mass is 16.2. The molecule has 28 heavy (non-hydrogen) atoms. The number of nitrogens with one attached hydrogen (secondary N) is 1. The molecule has 1 N–H and O–H groups in total. The second-order valence-electron chi connectivity index (χ2n) is 7.81. The smallest absolute Gasteiger partial charge is 0.255 e. The predicted molar refractivity (Wildman–Crippen MR) is 108 cm³/mol. The maximum Gasteiger partial charge on any atom is 0.255 e. The molecule has 2 aromatic carbocycles. The van der Waals surface area contributed by atoms with E-state index in [2.05, 4.69) is 5.32 Å². The number of hydrogen-bond acceptors (Lipinski definition) is 3. The molecule has 3 amide bonds. The minimum atomic E-state index is -0.220. The van der Waals surface area contributed by atoms with Gasteiger partial charge in [0.1, 0.15) is 0 Å². The molecule has 1 saturated heterocycles. The number of rotatable bonds is 3. The van der Waals surface area contributed by atoms with Gasteiger partial charge in [-0.05, 0) is 74.2 Å². The summed E-state index contributed by atoms with van der Waals surface area (Å²) in [4.78, 5) is 39.2. The molecule has 2 fully saturated rings. The van der Waals surface area contributed by atoms with Gasteiger partial charge in [0.25, 0.3) is 5.91 Å². The van der Waals surface area contributed by atoms with Gasteiger partial charge >= 0.3 is 0 Å². The molecule has 1 heterocycles. The molecule has 2 aliphatic rings. The Morgan fingerprint density at radius 2 is 1.50 bits per heavy atom. The van der Waals surface area contributed by atoms with Crippen LogP contribution in [0.3, 0.4) is 0 Å². The molecule has 0 unspecified atom stereocenters. The van der Waals surface area contributed by atoms with E-state index in [0.717, 1.165) is 36.9 Å². The lowest BCUT2D eigenvalue weighted by molar-refractivity contribution is -0.122. The van der Waals surface area contributed by atoms with Crippen molar-refractivity contribution in [3.63, 3.8) is 0 Å². The van der Waals surface area contributed by atoms with Crippen LogP contribution in [0, 0.1) is 25.7 Å². The van der Waals surface area contributed by atoms with Crippen molar-refractivity contribution < 1.29 is 14.4 Å². The zero-order valence-electron chi connectivity index (χ0n) is 16.2. The van der Waals surface area contributed by atoms with Gasteiger partial charge in [-0.3, -0.25) is 19.3 Å². The molecule has 5 heteroatoms. The van der Waals surface area contributed by atoms with E-state index in [4.69, 9.17) is 0 Å². The SMILES string of the molecule is Cc1ccc(NC(=O)c2ccc(N3C(=O)[C@H]4CCCC[C@H]4C3=O)cc2)cc1C. The van der Waals surface area contributed by atoms with Crippen LogP contribution in [0.25, 0.3) is 0 Å². The number of carbonyl (C=O) groups excluding carboxylic acids is 3. The third kappa shape index (κ3) is 3.21. The monoisotopic (exact) mass is 376 g/mol. The molecule has 1 aliphatic heterocycles. The van der Waals surface area contributed by atoms with Crippen LogP contribution in [-0.2, 0) is 9.59 Å². The van der Waals surface area contributed by atoms with E-state index in [1.807, 2.05) is 32.0 Å². The number of anilines is 2. The van der Waals surface area contributed by atoms with Crippen LogP contribution < -0.4 is 10.2 Å². The number of hydrogen-bond donors (Lipinski definition) is 1. The zero-order valence-corrected chi connectivity index (χ0v) is 16.2. The highest BCUT2D eigenvalue weighted by Crippen LogP contribution is 2.40. The van der Waals surface area contributed by atoms with Crippen molar-refractivity contribution in [3.8, 4) is 0 Å². The topological polar surface area (TPSA) is 66.5 Å². The third-order valence-electron chi connectivity index (χ3n) is 5.99. The lowest BCUT2D eigenvalue weighted by Crippen LogP contribution is -2.30. The Morgan fingerprint density at radius 1 is 0.893 bits per heavy atom. The molecule has 5 nitrogen and oxygen atoms in total. The van der Waals surface area contributed by atoms with Crippen LogP contribution in [0.5, 0.6) is 0 Å². The zero-order chi connectivity index (χ0) is 19.8. The largest absolute Gasteiger partial charge is 0.322 e. The van der Waals surface area contributed by atoms with Crippen molar-refractivity contribution in [1.82, 2.24) is 0 Å². The van der Waals surface area contributed by atoms with Crippen molar-refractivity contribution in [2.24, 2.45) is 11.8 Å². The number of imide groups is 1. The van der Waals surface area contributed by atoms with Gasteiger partial charge in [-0.25, -0.2) is 0 Å². The Morgan fingerprint density at radius 3 is 2.07 bits per heavy atom. The Hall–Kier alpha value is -2.95. The molecule has 0 radical (unpaired) electrons. The number of carbonyl (C=O) groups is 3. The van der Waals surface area contributed by atoms with Crippen LogP contribution in [0.15, 0.2) is 42.5 Å². The standard InChI is InChI=1S/C23H24N2O3/c1-14-7-10-17(13-15(14)2)24-21(26)16-8-11-18(12-9-16)25-22(27)19-5-3-4-6-20(19)23(25)28/h7-13,19-20H,3-6H2,1-2H3,(H,24,26)/t19-,20+. The van der Waals surface area contributed by atoms with Crippen molar-refractivity contribution >= 4 is 29.1 Å². The van der Waals surface area contributed by atoms with E-state index in [0.29, 0.717) is 11.3 Å². The summed E-state index contributed by atoms with van der Waals surface area (Å²) in [6.07, 6.45) is 3.60. The molecular formula is C23H24N2O3. The number of amides is 3. The van der Waals surface area contributed by atoms with Crippen molar-refractivity contribution in [2.75, 3.05) is 10.2 Å². The number of aryl methyl sites for hydroxylation is 2. The van der Waals surface area contributed by atoms with Crippen molar-refractivity contribution in [2.45, 2.75) is 39.5 Å². The van der Waals surface area contributed by atoms with Gasteiger partial charge in [-0.1, -0.05) is 18.9 Å². The first-order valence-corrected chi connectivity index (χ1v) is 9.82. The van der Waals surface area contributed by atoms with Crippen LogP contribution in [0.1, 0.15) is 47.2 Å². The fourth-order valence-corrected chi connectivity index (χ4v) is 4.20. The molecule has 2 atom stereocenters. The van der Waals surface area contributed by atoms with Crippen molar-refractivity contribution in [1.29, 1.82) is 0 Å². The molecule has 1 aliphatic carbocycles. The highest BCUT2D eigenvalue weighted by Gasteiger charge is 2.48. The van der Waals surface area contributed by atoms with Crippen LogP contribution in [0.4, 0.5) is 11.4 Å². The normalized spacial score (nSPS) is 21.6. The van der Waals surface area contributed by atoms with E-state index in [1.54, 1.807) is 24.3 Å². The van der Waals surface area contributed by atoms with Crippen LogP contribution in [-0.4, -0.2) is 17.7 Å². The molecule has 0 aromatic heterocycles. The highest BCUT2D eigenvalue weighted by molar-refractivity contribution is 6.22. The number of benzene rings is 2. The molecule has 2 aromatic rings. The average molecular weight is 376 g/mol. The third-order valence-corrected chi connectivity index (χ3v) is 5.99. The molecule has 144 valence electrons. The quantitative estimate of drug-likeness (QED) is 0.815. The summed E-state index contributed by atoms with van der Waals surface area (Å²) >= 11 is 0. The summed E-state index contributed by atoms with van der Waals surface area (Å²) in [5, 5.41) is 2.89. The first-order chi connectivity index (χ1) is 13.5. The summed E-state index contributed by atoms with van der Waals surface area (Å²) in [5.74, 6) is -0.755. The molecule has 4 rings (SSSR count). The van der Waals surface area contributed by atoms with Crippen LogP contribution in [0.2, 0.25) is 0 Å². The maximum absolute atomic E-state index is 12.7. The molecule has 0 spiro atoms. The summed E-state index contributed by atoms with van der Waals surface area (Å²) in [6, 6.07) is 12.5. The van der Waals surface area contributed by atoms with Crippen molar-refractivity contribution in [3.05, 3.63) is 59.2 Å². The van der Waals surface area contributed by atoms with Gasteiger partial charge in [-0.15, -0.1) is 0 Å². The average Bonchev–Trinajstić information content (AvgIpc) is 2.96. The van der Waals surface area contributed by atoms with Gasteiger partial charge in [0.05, 0.1) is 17.5 Å². The Balaban J connectivity index is 1.50. The molecule has 1 saturated carbocycles. The summed E-state index contributed by atoms with van der Waals surface area (Å²) in [6.45, 7) is 4.03. The summed E-state index contributed by atoms with van der Waals surface area (Å²) < 4.78 is 0. The predicted octanol–water partition coefficient (Wildman–Crippen LogP) is 4.24. The lowest BCUT2D eigenvalue weighted by atomic mass is 9.81. The van der Waals surface area contributed by atoms with E-state index in [1.165, 1.54) is 10.5 Å². The summed E-state index contributed by atoms with van der Waals surface area (Å²) in [7, 11) is 0. The molecular weight excluding hydrogens is 352 g/mol. The van der Waals surface area contributed by atoms with E-state index in [9.17, 15) is 14.4 Å². The first kappa shape index (κ1) is 18.4. The fraction of sp³-hybridized carbons (Fsp3) is 0.348. The van der Waals surface area contributed by atoms with Gasteiger partial charge in [0.15, 0.2) is 0 Å². The van der Waals surface area contributed by atoms with Crippen LogP contribution >= 0.6 is 0 Å². The van der Waals surface area contributed by atoms with E-state index >= 15 is 0 Å². The maximum atomic E-state index is 12.7. The van der Waals surface area contributed by atoms with Gasteiger partial charge < -0.3 is 5.32 Å². The number of fused-ring (bicyclic) bond motifs is 1. The van der Waals surface area contributed by atoms with Gasteiger partial charge in [0, 0.05) is 11.3 Å². The number of nitrogens with zero attached hydrogens (tertiary/aromatic N) is 1. The fourth-order valence-electron chi connectivity index (χ4n) is 4.20. The summed E-state index contributed by atoms with van der Waals surface area (Å²) in [5.41, 5.74) is 4.06. The van der Waals surface area contributed by atoms with E-state index in [-0.39, 0.29) is 29.6 Å². The Labute approximate surface area is 164 Å². The minimum absolute atomic E-state index is 0.0953. The Bertz CT molecular complexity index is 925. The Kier molecular flexibility index (Phi) is 4.75. The second kappa shape index (κ2) is 7.23. The van der Waals surface area contributed by atoms with Gasteiger partial charge in [0.2, 0.25) is 11.8 Å². The van der Waals surface area contributed by atoms with Gasteiger partial charge in [-0.2, -0.15) is 0 Å². The van der Waals surface area contributed by atoms with E-state index < -0.39 is 0 Å². The second-order valence-corrected chi connectivity index (χ2v) is 7.81. The minimum Gasteiger partial charge on any atom is -0.322 e. The lowest BCUT2D eigenvalue weighted by Gasteiger charge is -2.19. The first-order valence-electron chi connectivity index (χ1n) is 9.82.